The first kappa shape index (κ1) is 19.1. The Morgan fingerprint density at radius 3 is 2.29 bits per heavy atom. The van der Waals surface area contributed by atoms with Gasteiger partial charge >= 0.3 is 5.97 Å². The summed E-state index contributed by atoms with van der Waals surface area (Å²) in [6.07, 6.45) is 1.55. The van der Waals surface area contributed by atoms with E-state index in [1.54, 1.807) is 37.4 Å². The summed E-state index contributed by atoms with van der Waals surface area (Å²) >= 11 is 0. The van der Waals surface area contributed by atoms with Crippen molar-refractivity contribution in [2.24, 2.45) is 0 Å². The van der Waals surface area contributed by atoms with E-state index in [9.17, 15) is 4.79 Å². The van der Waals surface area contributed by atoms with E-state index < -0.39 is 0 Å². The van der Waals surface area contributed by atoms with E-state index in [1.807, 2.05) is 43.3 Å². The summed E-state index contributed by atoms with van der Waals surface area (Å²) in [7, 11) is 3.99. The van der Waals surface area contributed by atoms with Crippen LogP contribution in [0.5, 0.6) is 0 Å². The van der Waals surface area contributed by atoms with Crippen molar-refractivity contribution in [2.75, 3.05) is 36.2 Å². The number of anilines is 5. The average molecular weight is 378 g/mol. The fourth-order valence-electron chi connectivity index (χ4n) is 2.44. The molecule has 0 radical (unpaired) electrons. The molecule has 0 aliphatic carbocycles. The molecule has 2 N–H and O–H groups in total. The van der Waals surface area contributed by atoms with Crippen LogP contribution >= 0.6 is 0 Å². The maximum atomic E-state index is 11.7. The fourth-order valence-corrected chi connectivity index (χ4v) is 2.44. The lowest BCUT2D eigenvalue weighted by Crippen LogP contribution is -2.08. The van der Waals surface area contributed by atoms with Crippen LogP contribution in [0, 0.1) is 0 Å². The van der Waals surface area contributed by atoms with Crippen LogP contribution in [0.2, 0.25) is 0 Å². The lowest BCUT2D eigenvalue weighted by molar-refractivity contribution is 0.0526. The summed E-state index contributed by atoms with van der Waals surface area (Å²) < 4.78 is 4.97. The third-order valence-corrected chi connectivity index (χ3v) is 3.87. The van der Waals surface area contributed by atoms with Gasteiger partial charge in [0.15, 0.2) is 5.82 Å². The Morgan fingerprint density at radius 1 is 1.00 bits per heavy atom. The van der Waals surface area contributed by atoms with Gasteiger partial charge in [-0.15, -0.1) is 5.10 Å². The summed E-state index contributed by atoms with van der Waals surface area (Å²) in [4.78, 5) is 18.1. The van der Waals surface area contributed by atoms with Gasteiger partial charge < -0.3 is 20.3 Å². The number of hydrogen-bond donors (Lipinski definition) is 2. The van der Waals surface area contributed by atoms with E-state index in [-0.39, 0.29) is 5.97 Å². The van der Waals surface area contributed by atoms with Crippen molar-refractivity contribution in [1.29, 1.82) is 0 Å². The predicted octanol–water partition coefficient (Wildman–Crippen LogP) is 3.60. The molecule has 3 rings (SSSR count). The normalized spacial score (nSPS) is 10.2. The Hall–Kier alpha value is -3.68. The van der Waals surface area contributed by atoms with E-state index in [4.69, 9.17) is 4.74 Å². The van der Waals surface area contributed by atoms with Gasteiger partial charge in [-0.1, -0.05) is 0 Å². The Morgan fingerprint density at radius 2 is 1.64 bits per heavy atom. The molecule has 0 saturated carbocycles. The van der Waals surface area contributed by atoms with Crippen LogP contribution in [0.4, 0.5) is 28.8 Å². The standard InChI is InChI=1S/C20H22N6O2/c1-4-28-19(27)14-5-7-16(8-6-14)23-20-24-18(13-21-25-20)22-15-9-11-17(12-10-15)26(2)3/h5-13H,4H2,1-3H3,(H2,22,23,24,25). The molecule has 0 fully saturated rings. The van der Waals surface area contributed by atoms with Crippen LogP contribution in [0.25, 0.3) is 0 Å². The molecule has 0 aliphatic rings. The van der Waals surface area contributed by atoms with Crippen LogP contribution in [0.1, 0.15) is 17.3 Å². The van der Waals surface area contributed by atoms with E-state index in [2.05, 4.69) is 25.8 Å². The first-order valence-corrected chi connectivity index (χ1v) is 8.83. The number of nitrogens with zero attached hydrogens (tertiary/aromatic N) is 4. The maximum Gasteiger partial charge on any atom is 0.338 e. The van der Waals surface area contributed by atoms with Gasteiger partial charge in [0.05, 0.1) is 18.4 Å². The summed E-state index contributed by atoms with van der Waals surface area (Å²) in [5, 5.41) is 14.2. The highest BCUT2D eigenvalue weighted by Crippen LogP contribution is 2.20. The third-order valence-electron chi connectivity index (χ3n) is 3.87. The minimum absolute atomic E-state index is 0.343. The van der Waals surface area contributed by atoms with E-state index in [1.165, 1.54) is 0 Å². The van der Waals surface area contributed by atoms with Gasteiger partial charge in [0, 0.05) is 31.2 Å². The number of benzene rings is 2. The van der Waals surface area contributed by atoms with Gasteiger partial charge in [-0.25, -0.2) is 4.79 Å². The Balaban J connectivity index is 1.67. The second-order valence-electron chi connectivity index (χ2n) is 6.15. The van der Waals surface area contributed by atoms with Crippen LogP contribution in [0.15, 0.2) is 54.7 Å². The highest BCUT2D eigenvalue weighted by Gasteiger charge is 2.07. The van der Waals surface area contributed by atoms with Gasteiger partial charge in [-0.2, -0.15) is 10.1 Å². The Bertz CT molecular complexity index is 926. The molecule has 0 atom stereocenters. The zero-order valence-electron chi connectivity index (χ0n) is 16.0. The highest BCUT2D eigenvalue weighted by atomic mass is 16.5. The number of carbonyl (C=O) groups excluding carboxylic acids is 1. The highest BCUT2D eigenvalue weighted by molar-refractivity contribution is 5.89. The van der Waals surface area contributed by atoms with Crippen molar-refractivity contribution in [3.05, 3.63) is 60.3 Å². The first-order valence-electron chi connectivity index (χ1n) is 8.83. The van der Waals surface area contributed by atoms with E-state index in [0.29, 0.717) is 23.9 Å². The topological polar surface area (TPSA) is 92.3 Å². The molecule has 8 nitrogen and oxygen atoms in total. The molecule has 1 aromatic heterocycles. The minimum Gasteiger partial charge on any atom is -0.462 e. The smallest absolute Gasteiger partial charge is 0.338 e. The summed E-state index contributed by atoms with van der Waals surface area (Å²) in [6.45, 7) is 2.12. The first-order chi connectivity index (χ1) is 13.5. The monoisotopic (exact) mass is 378 g/mol. The van der Waals surface area contributed by atoms with E-state index in [0.717, 1.165) is 17.1 Å². The largest absolute Gasteiger partial charge is 0.462 e. The fraction of sp³-hybridized carbons (Fsp3) is 0.200. The second-order valence-corrected chi connectivity index (χ2v) is 6.15. The van der Waals surface area contributed by atoms with Crippen LogP contribution in [-0.2, 0) is 4.74 Å². The van der Waals surface area contributed by atoms with Gasteiger partial charge in [0.2, 0.25) is 5.95 Å². The molecule has 0 unspecified atom stereocenters. The molecular formula is C20H22N6O2. The van der Waals surface area contributed by atoms with Crippen molar-refractivity contribution >= 4 is 34.8 Å². The number of rotatable bonds is 7. The number of hydrogen-bond acceptors (Lipinski definition) is 8. The Labute approximate surface area is 163 Å². The SMILES string of the molecule is CCOC(=O)c1ccc(Nc2nncc(Nc3ccc(N(C)C)cc3)n2)cc1. The number of nitrogens with one attached hydrogen (secondary N) is 2. The molecule has 28 heavy (non-hydrogen) atoms. The quantitative estimate of drug-likeness (QED) is 0.603. The lowest BCUT2D eigenvalue weighted by atomic mass is 10.2. The van der Waals surface area contributed by atoms with Crippen molar-refractivity contribution in [1.82, 2.24) is 15.2 Å². The molecule has 1 heterocycles. The number of aromatic nitrogens is 3. The molecule has 0 bridgehead atoms. The summed E-state index contributed by atoms with van der Waals surface area (Å²) in [5.74, 6) is 0.565. The Kier molecular flexibility index (Phi) is 6.01. The van der Waals surface area contributed by atoms with Crippen LogP contribution in [0.3, 0.4) is 0 Å². The van der Waals surface area contributed by atoms with Crippen LogP contribution < -0.4 is 15.5 Å². The molecule has 144 valence electrons. The van der Waals surface area contributed by atoms with Crippen molar-refractivity contribution in [3.8, 4) is 0 Å². The van der Waals surface area contributed by atoms with Crippen LogP contribution in [-0.4, -0.2) is 41.9 Å². The molecule has 0 amide bonds. The van der Waals surface area contributed by atoms with E-state index >= 15 is 0 Å². The molecule has 3 aromatic rings. The molecular weight excluding hydrogens is 356 g/mol. The van der Waals surface area contributed by atoms with Gasteiger partial charge in [0.25, 0.3) is 0 Å². The number of ether oxygens (including phenoxy) is 1. The number of esters is 1. The average Bonchev–Trinajstić information content (AvgIpc) is 2.69. The summed E-state index contributed by atoms with van der Waals surface area (Å²) in [6, 6.07) is 14.9. The molecule has 0 saturated heterocycles. The minimum atomic E-state index is -0.349. The maximum absolute atomic E-state index is 11.7. The van der Waals surface area contributed by atoms with Gasteiger partial charge in [-0.05, 0) is 55.5 Å². The van der Waals surface area contributed by atoms with Crippen molar-refractivity contribution in [3.63, 3.8) is 0 Å². The van der Waals surface area contributed by atoms with Crippen molar-refractivity contribution < 1.29 is 9.53 Å². The summed E-state index contributed by atoms with van der Waals surface area (Å²) in [5.41, 5.74) is 3.24. The molecule has 8 heteroatoms. The third kappa shape index (κ3) is 4.94. The zero-order chi connectivity index (χ0) is 19.9. The molecule has 0 aliphatic heterocycles. The lowest BCUT2D eigenvalue weighted by Gasteiger charge is -2.13. The predicted molar refractivity (Wildman–Crippen MR) is 110 cm³/mol. The van der Waals surface area contributed by atoms with Crippen molar-refractivity contribution in [2.45, 2.75) is 6.92 Å². The van der Waals surface area contributed by atoms with Gasteiger partial charge in [0.1, 0.15) is 0 Å². The molecule has 2 aromatic carbocycles. The zero-order valence-corrected chi connectivity index (χ0v) is 16.0. The molecule has 0 spiro atoms. The number of carbonyl (C=O) groups is 1. The second kappa shape index (κ2) is 8.81. The van der Waals surface area contributed by atoms with Gasteiger partial charge in [-0.3, -0.25) is 0 Å².